The lowest BCUT2D eigenvalue weighted by atomic mass is 10.1. The summed E-state index contributed by atoms with van der Waals surface area (Å²) >= 11 is 0. The topological polar surface area (TPSA) is 44.4 Å². The van der Waals surface area contributed by atoms with Crippen LogP contribution in [0.3, 0.4) is 0 Å². The second-order valence-corrected chi connectivity index (χ2v) is 5.52. The van der Waals surface area contributed by atoms with Gasteiger partial charge in [-0.1, -0.05) is 30.3 Å². The third-order valence-corrected chi connectivity index (χ3v) is 4.00. The van der Waals surface area contributed by atoms with Gasteiger partial charge >= 0.3 is 0 Å². The molecule has 1 aliphatic rings. The van der Waals surface area contributed by atoms with Crippen molar-refractivity contribution in [1.82, 2.24) is 5.32 Å². The van der Waals surface area contributed by atoms with Crippen molar-refractivity contribution < 1.29 is 4.79 Å². The van der Waals surface area contributed by atoms with Crippen LogP contribution in [-0.2, 0) is 0 Å². The second-order valence-electron chi connectivity index (χ2n) is 5.52. The number of amides is 1. The summed E-state index contributed by atoms with van der Waals surface area (Å²) in [6.45, 7) is 5.75. The van der Waals surface area contributed by atoms with Gasteiger partial charge in [0.2, 0.25) is 0 Å². The van der Waals surface area contributed by atoms with Gasteiger partial charge in [-0.2, -0.15) is 0 Å². The summed E-state index contributed by atoms with van der Waals surface area (Å²) in [6, 6.07) is 15.7. The number of benzene rings is 2. The van der Waals surface area contributed by atoms with E-state index >= 15 is 0 Å². The molecule has 4 nitrogen and oxygen atoms in total. The van der Waals surface area contributed by atoms with Crippen LogP contribution in [0.25, 0.3) is 0 Å². The van der Waals surface area contributed by atoms with Gasteiger partial charge in [0.1, 0.15) is 0 Å². The Hall–Kier alpha value is -2.33. The van der Waals surface area contributed by atoms with E-state index in [2.05, 4.69) is 15.5 Å². The molecule has 22 heavy (non-hydrogen) atoms. The lowest BCUT2D eigenvalue weighted by Crippen LogP contribution is -2.44. The summed E-state index contributed by atoms with van der Waals surface area (Å²) in [5.41, 5.74) is 3.67. The number of hydrogen-bond donors (Lipinski definition) is 2. The number of anilines is 2. The third-order valence-electron chi connectivity index (χ3n) is 4.00. The van der Waals surface area contributed by atoms with E-state index in [1.54, 1.807) is 0 Å². The smallest absolute Gasteiger partial charge is 0.257 e. The van der Waals surface area contributed by atoms with Gasteiger partial charge in [-0.25, -0.2) is 0 Å². The van der Waals surface area contributed by atoms with Crippen molar-refractivity contribution in [2.75, 3.05) is 36.4 Å². The molecule has 2 aromatic rings. The van der Waals surface area contributed by atoms with E-state index in [0.717, 1.165) is 48.7 Å². The maximum Gasteiger partial charge on any atom is 0.257 e. The average Bonchev–Trinajstić information content (AvgIpc) is 2.58. The molecule has 2 aromatic carbocycles. The van der Waals surface area contributed by atoms with Gasteiger partial charge in [-0.05, 0) is 30.7 Å². The van der Waals surface area contributed by atoms with Crippen LogP contribution in [-0.4, -0.2) is 32.1 Å². The predicted octanol–water partition coefficient (Wildman–Crippen LogP) is 2.66. The Balaban J connectivity index is 1.85. The van der Waals surface area contributed by atoms with Crippen LogP contribution in [0.15, 0.2) is 48.5 Å². The number of piperazine rings is 1. The molecule has 1 heterocycles. The minimum absolute atomic E-state index is 0.0524. The number of nitrogens with zero attached hydrogens (tertiary/aromatic N) is 1. The van der Waals surface area contributed by atoms with Crippen LogP contribution < -0.4 is 15.5 Å². The van der Waals surface area contributed by atoms with Crippen molar-refractivity contribution in [2.45, 2.75) is 6.92 Å². The van der Waals surface area contributed by atoms with Gasteiger partial charge in [-0.15, -0.1) is 0 Å². The molecule has 1 fully saturated rings. The molecule has 3 rings (SSSR count). The van der Waals surface area contributed by atoms with Crippen molar-refractivity contribution >= 4 is 17.3 Å². The highest BCUT2D eigenvalue weighted by Gasteiger charge is 2.18. The van der Waals surface area contributed by atoms with E-state index in [-0.39, 0.29) is 5.91 Å². The minimum atomic E-state index is -0.0524. The minimum Gasteiger partial charge on any atom is -0.368 e. The molecule has 0 atom stereocenters. The molecule has 114 valence electrons. The Morgan fingerprint density at radius 2 is 1.73 bits per heavy atom. The second kappa shape index (κ2) is 6.62. The molecule has 1 aliphatic heterocycles. The zero-order chi connectivity index (χ0) is 15.4. The number of aryl methyl sites for hydroxylation is 1. The Labute approximate surface area is 131 Å². The maximum absolute atomic E-state index is 12.7. The monoisotopic (exact) mass is 295 g/mol. The fourth-order valence-electron chi connectivity index (χ4n) is 2.75. The van der Waals surface area contributed by atoms with Crippen LogP contribution in [0, 0.1) is 6.92 Å². The first-order valence-electron chi connectivity index (χ1n) is 7.67. The molecule has 0 saturated carbocycles. The van der Waals surface area contributed by atoms with E-state index in [1.807, 2.05) is 55.5 Å². The fourth-order valence-corrected chi connectivity index (χ4v) is 2.75. The number of nitrogens with one attached hydrogen (secondary N) is 2. The van der Waals surface area contributed by atoms with E-state index < -0.39 is 0 Å². The number of carbonyl (C=O) groups excluding carboxylic acids is 1. The molecule has 0 spiro atoms. The Kier molecular flexibility index (Phi) is 4.39. The standard InChI is InChI=1S/C18H21N3O/c1-14-6-2-4-8-16(14)20-18(22)15-7-3-5-9-17(15)21-12-10-19-11-13-21/h2-9,19H,10-13H2,1H3,(H,20,22). The summed E-state index contributed by atoms with van der Waals surface area (Å²) in [7, 11) is 0. The Bertz CT molecular complexity index is 663. The van der Waals surface area contributed by atoms with Crippen molar-refractivity contribution in [3.63, 3.8) is 0 Å². The molecule has 1 saturated heterocycles. The summed E-state index contributed by atoms with van der Waals surface area (Å²) in [5.74, 6) is -0.0524. The SMILES string of the molecule is Cc1ccccc1NC(=O)c1ccccc1N1CCNCC1. The first-order valence-corrected chi connectivity index (χ1v) is 7.67. The lowest BCUT2D eigenvalue weighted by molar-refractivity contribution is 0.102. The first-order chi connectivity index (χ1) is 10.8. The van der Waals surface area contributed by atoms with Gasteiger partial charge < -0.3 is 15.5 Å². The van der Waals surface area contributed by atoms with Gasteiger partial charge in [-0.3, -0.25) is 4.79 Å². The van der Waals surface area contributed by atoms with Gasteiger partial charge in [0.15, 0.2) is 0 Å². The largest absolute Gasteiger partial charge is 0.368 e. The van der Waals surface area contributed by atoms with Crippen molar-refractivity contribution in [3.05, 3.63) is 59.7 Å². The molecule has 1 amide bonds. The van der Waals surface area contributed by atoms with Gasteiger partial charge in [0.05, 0.1) is 5.56 Å². The first kappa shape index (κ1) is 14.6. The molecule has 0 unspecified atom stereocenters. The highest BCUT2D eigenvalue weighted by Crippen LogP contribution is 2.23. The van der Waals surface area contributed by atoms with Crippen molar-refractivity contribution in [3.8, 4) is 0 Å². The normalized spacial score (nSPS) is 14.7. The number of rotatable bonds is 3. The highest BCUT2D eigenvalue weighted by molar-refractivity contribution is 6.08. The van der Waals surface area contributed by atoms with Crippen LogP contribution in [0.4, 0.5) is 11.4 Å². The molecule has 2 N–H and O–H groups in total. The molecular formula is C18H21N3O. The zero-order valence-corrected chi connectivity index (χ0v) is 12.8. The lowest BCUT2D eigenvalue weighted by Gasteiger charge is -2.30. The van der Waals surface area contributed by atoms with Crippen LogP contribution in [0.1, 0.15) is 15.9 Å². The summed E-state index contributed by atoms with van der Waals surface area (Å²) < 4.78 is 0. The number of carbonyl (C=O) groups is 1. The highest BCUT2D eigenvalue weighted by atomic mass is 16.1. The molecule has 0 aliphatic carbocycles. The molecule has 4 heteroatoms. The predicted molar refractivity (Wildman–Crippen MR) is 90.7 cm³/mol. The summed E-state index contributed by atoms with van der Waals surface area (Å²) in [5, 5.41) is 6.36. The zero-order valence-electron chi connectivity index (χ0n) is 12.8. The van der Waals surface area contributed by atoms with Crippen LogP contribution in [0.5, 0.6) is 0 Å². The average molecular weight is 295 g/mol. The molecule has 0 bridgehead atoms. The van der Waals surface area contributed by atoms with Gasteiger partial charge in [0, 0.05) is 37.6 Å². The number of hydrogen-bond acceptors (Lipinski definition) is 3. The van der Waals surface area contributed by atoms with E-state index in [0.29, 0.717) is 0 Å². The Morgan fingerprint density at radius 1 is 1.05 bits per heavy atom. The molecule has 0 aromatic heterocycles. The summed E-state index contributed by atoms with van der Waals surface area (Å²) in [4.78, 5) is 14.9. The quantitative estimate of drug-likeness (QED) is 0.915. The van der Waals surface area contributed by atoms with Gasteiger partial charge in [0.25, 0.3) is 5.91 Å². The number of para-hydroxylation sites is 2. The van der Waals surface area contributed by atoms with E-state index in [1.165, 1.54) is 0 Å². The third kappa shape index (κ3) is 3.12. The maximum atomic E-state index is 12.7. The molecular weight excluding hydrogens is 274 g/mol. The van der Waals surface area contributed by atoms with E-state index in [9.17, 15) is 4.79 Å². The molecule has 0 radical (unpaired) electrons. The van der Waals surface area contributed by atoms with Crippen molar-refractivity contribution in [2.24, 2.45) is 0 Å². The fraction of sp³-hybridized carbons (Fsp3) is 0.278. The van der Waals surface area contributed by atoms with E-state index in [4.69, 9.17) is 0 Å². The summed E-state index contributed by atoms with van der Waals surface area (Å²) in [6.07, 6.45) is 0. The van der Waals surface area contributed by atoms with Crippen molar-refractivity contribution in [1.29, 1.82) is 0 Å². The Morgan fingerprint density at radius 3 is 2.50 bits per heavy atom. The van der Waals surface area contributed by atoms with Crippen LogP contribution in [0.2, 0.25) is 0 Å². The van der Waals surface area contributed by atoms with Crippen LogP contribution >= 0.6 is 0 Å².